The van der Waals surface area contributed by atoms with Crippen LogP contribution >= 0.6 is 24.0 Å². The molecule has 2 rings (SSSR count). The van der Waals surface area contributed by atoms with Gasteiger partial charge in [-0.25, -0.2) is 4.99 Å². The Morgan fingerprint density at radius 2 is 1.85 bits per heavy atom. The number of benzene rings is 1. The molecule has 33 heavy (non-hydrogen) atoms. The Kier molecular flexibility index (Phi) is 14.6. The maximum Gasteiger partial charge on any atom is 0.254 e. The van der Waals surface area contributed by atoms with Crippen molar-refractivity contribution >= 4 is 35.8 Å². The van der Waals surface area contributed by atoms with Crippen LogP contribution in [0.15, 0.2) is 29.3 Å². The van der Waals surface area contributed by atoms with Crippen LogP contribution in [0.2, 0.25) is 0 Å². The maximum atomic E-state index is 12.8. The number of carbonyl (C=O) groups is 1. The Balaban J connectivity index is 0.00000544. The molecular formula is C24H42IN5O3. The van der Waals surface area contributed by atoms with E-state index in [1.807, 2.05) is 43.0 Å². The second-order valence-corrected chi connectivity index (χ2v) is 8.44. The molecule has 1 heterocycles. The lowest BCUT2D eigenvalue weighted by atomic mass is 10.1. The van der Waals surface area contributed by atoms with E-state index in [2.05, 4.69) is 34.5 Å². The van der Waals surface area contributed by atoms with Crippen LogP contribution in [0.5, 0.6) is 0 Å². The quantitative estimate of drug-likeness (QED) is 0.183. The molecule has 0 aromatic heterocycles. The van der Waals surface area contributed by atoms with Gasteiger partial charge in [0.05, 0.1) is 18.8 Å². The van der Waals surface area contributed by atoms with Crippen molar-refractivity contribution in [3.63, 3.8) is 0 Å². The Bertz CT molecular complexity index is 707. The van der Waals surface area contributed by atoms with Crippen molar-refractivity contribution in [1.82, 2.24) is 20.4 Å². The zero-order valence-electron chi connectivity index (χ0n) is 20.8. The second-order valence-electron chi connectivity index (χ2n) is 8.44. The Labute approximate surface area is 216 Å². The average molecular weight is 576 g/mol. The van der Waals surface area contributed by atoms with E-state index >= 15 is 0 Å². The first-order valence-corrected chi connectivity index (χ1v) is 11.7. The predicted octanol–water partition coefficient (Wildman–Crippen LogP) is 2.58. The average Bonchev–Trinajstić information content (AvgIpc) is 2.77. The number of carbonyl (C=O) groups excluding carboxylic acids is 1. The number of likely N-dealkylation sites (N-methyl/N-ethyl adjacent to an activating group) is 1. The number of nitrogens with zero attached hydrogens (tertiary/aromatic N) is 3. The molecule has 1 aromatic rings. The number of guanidine groups is 1. The number of hydrogen-bond donors (Lipinski definition) is 2. The number of rotatable bonds is 11. The first kappa shape index (κ1) is 29.6. The van der Waals surface area contributed by atoms with Gasteiger partial charge in [0.15, 0.2) is 5.96 Å². The molecule has 8 nitrogen and oxygen atoms in total. The zero-order valence-corrected chi connectivity index (χ0v) is 23.1. The largest absolute Gasteiger partial charge is 0.385 e. The number of nitrogens with one attached hydrogen (secondary N) is 2. The molecule has 1 aromatic carbocycles. The third-order valence-electron chi connectivity index (χ3n) is 5.35. The summed E-state index contributed by atoms with van der Waals surface area (Å²) in [5.74, 6) is 0.862. The van der Waals surface area contributed by atoms with E-state index in [9.17, 15) is 4.79 Å². The molecule has 0 saturated carbocycles. The molecular weight excluding hydrogens is 533 g/mol. The van der Waals surface area contributed by atoms with E-state index in [0.717, 1.165) is 50.7 Å². The molecule has 1 amide bonds. The second kappa shape index (κ2) is 16.2. The minimum atomic E-state index is 0. The van der Waals surface area contributed by atoms with Crippen molar-refractivity contribution in [1.29, 1.82) is 0 Å². The van der Waals surface area contributed by atoms with Gasteiger partial charge in [-0.1, -0.05) is 12.1 Å². The van der Waals surface area contributed by atoms with Crippen LogP contribution in [0, 0.1) is 0 Å². The van der Waals surface area contributed by atoms with E-state index in [1.54, 1.807) is 7.11 Å². The van der Waals surface area contributed by atoms with Crippen LogP contribution in [0.4, 0.5) is 0 Å². The van der Waals surface area contributed by atoms with E-state index in [0.29, 0.717) is 25.2 Å². The van der Waals surface area contributed by atoms with Crippen molar-refractivity contribution in [3.05, 3.63) is 35.4 Å². The SMILES string of the molecule is CCNC(=NCc1ccc(C(=O)N2CC(C)OC(C)C2)cc1)NCCN(C)CCCOC.I. The molecule has 1 fully saturated rings. The van der Waals surface area contributed by atoms with E-state index < -0.39 is 0 Å². The smallest absolute Gasteiger partial charge is 0.254 e. The highest BCUT2D eigenvalue weighted by molar-refractivity contribution is 14.0. The number of amides is 1. The van der Waals surface area contributed by atoms with Crippen LogP contribution < -0.4 is 10.6 Å². The minimum Gasteiger partial charge on any atom is -0.385 e. The van der Waals surface area contributed by atoms with E-state index in [4.69, 9.17) is 9.47 Å². The fourth-order valence-electron chi connectivity index (χ4n) is 3.75. The summed E-state index contributed by atoms with van der Waals surface area (Å²) in [5, 5.41) is 6.67. The van der Waals surface area contributed by atoms with Gasteiger partial charge in [0.2, 0.25) is 0 Å². The number of methoxy groups -OCH3 is 1. The maximum absolute atomic E-state index is 12.8. The number of ether oxygens (including phenoxy) is 2. The Morgan fingerprint density at radius 1 is 1.18 bits per heavy atom. The molecule has 1 aliphatic heterocycles. The van der Waals surface area contributed by atoms with Gasteiger partial charge < -0.3 is 29.9 Å². The third-order valence-corrected chi connectivity index (χ3v) is 5.35. The van der Waals surface area contributed by atoms with Gasteiger partial charge in [-0.05, 0) is 51.9 Å². The van der Waals surface area contributed by atoms with Crippen molar-refractivity contribution < 1.29 is 14.3 Å². The summed E-state index contributed by atoms with van der Waals surface area (Å²) in [7, 11) is 3.85. The van der Waals surface area contributed by atoms with E-state index in [-0.39, 0.29) is 42.1 Å². The molecule has 0 aliphatic carbocycles. The molecule has 9 heteroatoms. The van der Waals surface area contributed by atoms with Gasteiger partial charge >= 0.3 is 0 Å². The summed E-state index contributed by atoms with van der Waals surface area (Å²) in [4.78, 5) is 21.7. The van der Waals surface area contributed by atoms with Gasteiger partial charge in [-0.3, -0.25) is 4.79 Å². The topological polar surface area (TPSA) is 78.4 Å². The summed E-state index contributed by atoms with van der Waals surface area (Å²) in [6.45, 7) is 12.2. The molecule has 0 radical (unpaired) electrons. The summed E-state index contributed by atoms with van der Waals surface area (Å²) in [6.07, 6.45) is 1.17. The van der Waals surface area contributed by atoms with Crippen LogP contribution in [0.1, 0.15) is 43.1 Å². The molecule has 2 atom stereocenters. The molecule has 2 unspecified atom stereocenters. The molecule has 188 valence electrons. The number of morpholine rings is 1. The standard InChI is InChI=1S/C24H41N5O3.HI/c1-6-25-24(26-12-14-28(4)13-7-15-31-5)27-16-21-8-10-22(11-9-21)23(30)29-17-19(2)32-20(3)18-29;/h8-11,19-20H,6-7,12-18H2,1-5H3,(H2,25,26,27);1H. The van der Waals surface area contributed by atoms with E-state index in [1.165, 1.54) is 0 Å². The van der Waals surface area contributed by atoms with Crippen LogP contribution in [-0.4, -0.2) is 93.9 Å². The van der Waals surface area contributed by atoms with Crippen molar-refractivity contribution in [3.8, 4) is 0 Å². The lowest BCUT2D eigenvalue weighted by Crippen LogP contribution is -2.48. The normalized spacial score (nSPS) is 18.7. The highest BCUT2D eigenvalue weighted by atomic mass is 127. The third kappa shape index (κ3) is 11.0. The van der Waals surface area contributed by atoms with Crippen molar-refractivity contribution in [2.75, 3.05) is 60.0 Å². The number of halogens is 1. The lowest BCUT2D eigenvalue weighted by Gasteiger charge is -2.35. The van der Waals surface area contributed by atoms with Crippen LogP contribution in [0.3, 0.4) is 0 Å². The van der Waals surface area contributed by atoms with Gasteiger partial charge in [0.1, 0.15) is 0 Å². The predicted molar refractivity (Wildman–Crippen MR) is 145 cm³/mol. The van der Waals surface area contributed by atoms with Gasteiger partial charge in [0, 0.05) is 58.5 Å². The molecule has 0 spiro atoms. The van der Waals surface area contributed by atoms with Gasteiger partial charge in [-0.15, -0.1) is 24.0 Å². The van der Waals surface area contributed by atoms with Gasteiger partial charge in [0.25, 0.3) is 5.91 Å². The Hall–Kier alpha value is -1.43. The lowest BCUT2D eigenvalue weighted by molar-refractivity contribution is -0.0586. The summed E-state index contributed by atoms with van der Waals surface area (Å²) < 4.78 is 10.8. The van der Waals surface area contributed by atoms with Crippen molar-refractivity contribution in [2.45, 2.75) is 45.9 Å². The van der Waals surface area contributed by atoms with Crippen LogP contribution in [-0.2, 0) is 16.0 Å². The van der Waals surface area contributed by atoms with Crippen LogP contribution in [0.25, 0.3) is 0 Å². The molecule has 2 N–H and O–H groups in total. The Morgan fingerprint density at radius 3 is 2.45 bits per heavy atom. The number of aliphatic imine (C=N–C) groups is 1. The summed E-state index contributed by atoms with van der Waals surface area (Å²) in [6, 6.07) is 7.76. The minimum absolute atomic E-state index is 0. The highest BCUT2D eigenvalue weighted by Gasteiger charge is 2.26. The first-order chi connectivity index (χ1) is 15.4. The molecule has 1 aliphatic rings. The monoisotopic (exact) mass is 575 g/mol. The number of hydrogen-bond acceptors (Lipinski definition) is 5. The zero-order chi connectivity index (χ0) is 23.3. The van der Waals surface area contributed by atoms with Crippen molar-refractivity contribution in [2.24, 2.45) is 4.99 Å². The highest BCUT2D eigenvalue weighted by Crippen LogP contribution is 2.15. The molecule has 0 bridgehead atoms. The first-order valence-electron chi connectivity index (χ1n) is 11.7. The van der Waals surface area contributed by atoms with Gasteiger partial charge in [-0.2, -0.15) is 0 Å². The fourth-order valence-corrected chi connectivity index (χ4v) is 3.75. The molecule has 1 saturated heterocycles. The summed E-state index contributed by atoms with van der Waals surface area (Å²) in [5.41, 5.74) is 1.78. The fraction of sp³-hybridized carbons (Fsp3) is 0.667. The summed E-state index contributed by atoms with van der Waals surface area (Å²) >= 11 is 0.